The Morgan fingerprint density at radius 1 is 1.41 bits per heavy atom. The van der Waals surface area contributed by atoms with Crippen molar-refractivity contribution in [3.05, 3.63) is 35.3 Å². The van der Waals surface area contributed by atoms with Crippen molar-refractivity contribution >= 4 is 28.2 Å². The fourth-order valence-corrected chi connectivity index (χ4v) is 2.19. The van der Waals surface area contributed by atoms with Crippen LogP contribution in [0, 0.1) is 13.8 Å². The molecule has 0 spiro atoms. The van der Waals surface area contributed by atoms with E-state index in [1.54, 1.807) is 13.1 Å². The summed E-state index contributed by atoms with van der Waals surface area (Å²) in [5.41, 5.74) is 2.40. The largest absolute Gasteiger partial charge is 0.478 e. The highest BCUT2D eigenvalue weighted by atomic mass is 32.1. The highest BCUT2D eigenvalue weighted by Gasteiger charge is 2.17. The Morgan fingerprint density at radius 3 is 2.76 bits per heavy atom. The predicted octanol–water partition coefficient (Wildman–Crippen LogP) is 2.60. The van der Waals surface area contributed by atoms with Crippen molar-refractivity contribution in [1.29, 1.82) is 0 Å². The molecule has 0 atom stereocenters. The first-order valence-electron chi connectivity index (χ1n) is 4.97. The number of nitrogens with one attached hydrogen (secondary N) is 1. The molecule has 2 aromatic heterocycles. The second-order valence-electron chi connectivity index (χ2n) is 3.59. The smallest absolute Gasteiger partial charge is 0.340 e. The molecule has 0 saturated heterocycles. The van der Waals surface area contributed by atoms with Crippen LogP contribution in [0.3, 0.4) is 0 Å². The van der Waals surface area contributed by atoms with Crippen molar-refractivity contribution < 1.29 is 9.90 Å². The maximum absolute atomic E-state index is 11.1. The third-order valence-electron chi connectivity index (χ3n) is 2.25. The summed E-state index contributed by atoms with van der Waals surface area (Å²) in [7, 11) is 0. The van der Waals surface area contributed by atoms with E-state index in [2.05, 4.69) is 14.7 Å². The Labute approximate surface area is 102 Å². The van der Waals surface area contributed by atoms with Gasteiger partial charge in [-0.25, -0.2) is 4.79 Å². The van der Waals surface area contributed by atoms with Crippen LogP contribution in [0.5, 0.6) is 0 Å². The van der Waals surface area contributed by atoms with E-state index in [1.165, 1.54) is 0 Å². The molecule has 2 rings (SSSR count). The van der Waals surface area contributed by atoms with Gasteiger partial charge >= 0.3 is 5.97 Å². The van der Waals surface area contributed by atoms with Gasteiger partial charge in [0.25, 0.3) is 0 Å². The molecule has 0 aliphatic rings. The number of carboxylic acids is 1. The number of anilines is 2. The molecule has 88 valence electrons. The van der Waals surface area contributed by atoms with Gasteiger partial charge < -0.3 is 10.4 Å². The molecule has 17 heavy (non-hydrogen) atoms. The number of aryl methyl sites for hydroxylation is 2. The number of carbonyl (C=O) groups is 1. The van der Waals surface area contributed by atoms with Gasteiger partial charge in [0.15, 0.2) is 0 Å². The first-order chi connectivity index (χ1) is 8.08. The molecule has 0 fully saturated rings. The summed E-state index contributed by atoms with van der Waals surface area (Å²) >= 11 is 1.13. The number of aromatic nitrogens is 2. The average molecular weight is 249 g/mol. The minimum Gasteiger partial charge on any atom is -0.478 e. The molecule has 0 aliphatic heterocycles. The molecule has 0 aliphatic carbocycles. The van der Waals surface area contributed by atoms with Crippen molar-refractivity contribution in [2.45, 2.75) is 13.8 Å². The molecule has 0 radical (unpaired) electrons. The second kappa shape index (κ2) is 4.50. The van der Waals surface area contributed by atoms with Crippen molar-refractivity contribution in [1.82, 2.24) is 9.36 Å². The van der Waals surface area contributed by atoms with E-state index >= 15 is 0 Å². The number of pyridine rings is 1. The SMILES string of the molecule is Cc1ccc(Nc2snc(C)c2C(=O)O)cn1. The van der Waals surface area contributed by atoms with Gasteiger partial charge in [-0.05, 0) is 37.5 Å². The van der Waals surface area contributed by atoms with E-state index in [1.807, 2.05) is 19.1 Å². The second-order valence-corrected chi connectivity index (χ2v) is 4.36. The topological polar surface area (TPSA) is 75.1 Å². The van der Waals surface area contributed by atoms with E-state index in [0.717, 1.165) is 22.9 Å². The van der Waals surface area contributed by atoms with Crippen LogP contribution < -0.4 is 5.32 Å². The molecule has 0 saturated carbocycles. The zero-order valence-electron chi connectivity index (χ0n) is 9.39. The minimum absolute atomic E-state index is 0.218. The van der Waals surface area contributed by atoms with Gasteiger partial charge in [-0.2, -0.15) is 4.37 Å². The van der Waals surface area contributed by atoms with E-state index in [0.29, 0.717) is 10.7 Å². The lowest BCUT2D eigenvalue weighted by atomic mass is 10.2. The lowest BCUT2D eigenvalue weighted by Gasteiger charge is -2.04. The van der Waals surface area contributed by atoms with E-state index in [9.17, 15) is 4.79 Å². The molecule has 2 aromatic rings. The minimum atomic E-state index is -0.973. The van der Waals surface area contributed by atoms with Crippen LogP contribution in [-0.4, -0.2) is 20.4 Å². The summed E-state index contributed by atoms with van der Waals surface area (Å²) in [6, 6.07) is 3.71. The number of nitrogens with zero attached hydrogens (tertiary/aromatic N) is 2. The van der Waals surface area contributed by atoms with Crippen molar-refractivity contribution in [3.8, 4) is 0 Å². The molecule has 2 heterocycles. The summed E-state index contributed by atoms with van der Waals surface area (Å²) in [4.78, 5) is 15.2. The predicted molar refractivity (Wildman–Crippen MR) is 66.1 cm³/mol. The van der Waals surface area contributed by atoms with E-state index in [-0.39, 0.29) is 5.56 Å². The van der Waals surface area contributed by atoms with Crippen LogP contribution >= 0.6 is 11.5 Å². The van der Waals surface area contributed by atoms with Crippen molar-refractivity contribution in [2.75, 3.05) is 5.32 Å². The molecule has 0 unspecified atom stereocenters. The fraction of sp³-hybridized carbons (Fsp3) is 0.182. The van der Waals surface area contributed by atoms with Gasteiger partial charge in [0.2, 0.25) is 0 Å². The average Bonchev–Trinajstić information content (AvgIpc) is 2.63. The molecular weight excluding hydrogens is 238 g/mol. The zero-order valence-corrected chi connectivity index (χ0v) is 10.2. The first kappa shape index (κ1) is 11.5. The van der Waals surface area contributed by atoms with Gasteiger partial charge in [-0.1, -0.05) is 0 Å². The third-order valence-corrected chi connectivity index (χ3v) is 3.10. The van der Waals surface area contributed by atoms with Gasteiger partial charge in [0.1, 0.15) is 10.6 Å². The Morgan fingerprint density at radius 2 is 2.18 bits per heavy atom. The van der Waals surface area contributed by atoms with Gasteiger partial charge in [0, 0.05) is 5.69 Å². The van der Waals surface area contributed by atoms with Crippen LogP contribution in [0.15, 0.2) is 18.3 Å². The zero-order chi connectivity index (χ0) is 12.4. The summed E-state index contributed by atoms with van der Waals surface area (Å²) in [5, 5.41) is 12.6. The van der Waals surface area contributed by atoms with E-state index < -0.39 is 5.97 Å². The number of rotatable bonds is 3. The maximum Gasteiger partial charge on any atom is 0.340 e. The van der Waals surface area contributed by atoms with Crippen LogP contribution in [0.2, 0.25) is 0 Å². The van der Waals surface area contributed by atoms with Crippen molar-refractivity contribution in [3.63, 3.8) is 0 Å². The van der Waals surface area contributed by atoms with Crippen LogP contribution in [0.25, 0.3) is 0 Å². The molecule has 5 nitrogen and oxygen atoms in total. The summed E-state index contributed by atoms with van der Waals surface area (Å²) in [6.45, 7) is 3.57. The highest BCUT2D eigenvalue weighted by molar-refractivity contribution is 7.10. The number of carboxylic acid groups (broad SMARTS) is 1. The van der Waals surface area contributed by atoms with Crippen LogP contribution in [0.1, 0.15) is 21.7 Å². The lowest BCUT2D eigenvalue weighted by Crippen LogP contribution is -2.01. The molecule has 2 N–H and O–H groups in total. The summed E-state index contributed by atoms with van der Waals surface area (Å²) < 4.78 is 4.03. The standard InChI is InChI=1S/C11H11N3O2S/c1-6-3-4-8(5-12-6)13-10-9(11(15)16)7(2)14-17-10/h3-5,13H,1-2H3,(H,15,16). The Hall–Kier alpha value is -1.95. The fourth-order valence-electron chi connectivity index (χ4n) is 1.38. The number of aromatic carboxylic acids is 1. The number of hydrogen-bond acceptors (Lipinski definition) is 5. The molecule has 0 bridgehead atoms. The Balaban J connectivity index is 2.30. The molecule has 0 aromatic carbocycles. The summed E-state index contributed by atoms with van der Waals surface area (Å²) in [5.74, 6) is -0.973. The Bertz CT molecular complexity index is 548. The van der Waals surface area contributed by atoms with Crippen molar-refractivity contribution in [2.24, 2.45) is 0 Å². The number of hydrogen-bond donors (Lipinski definition) is 2. The quantitative estimate of drug-likeness (QED) is 0.874. The van der Waals surface area contributed by atoms with Gasteiger partial charge in [-0.15, -0.1) is 0 Å². The Kier molecular flexibility index (Phi) is 3.06. The summed E-state index contributed by atoms with van der Waals surface area (Å²) in [6.07, 6.45) is 1.66. The monoisotopic (exact) mass is 249 g/mol. The van der Waals surface area contributed by atoms with Crippen LogP contribution in [-0.2, 0) is 0 Å². The van der Waals surface area contributed by atoms with Crippen LogP contribution in [0.4, 0.5) is 10.7 Å². The normalized spacial score (nSPS) is 10.2. The molecule has 0 amide bonds. The third kappa shape index (κ3) is 2.42. The van der Waals surface area contributed by atoms with Gasteiger partial charge in [-0.3, -0.25) is 4.98 Å². The highest BCUT2D eigenvalue weighted by Crippen LogP contribution is 2.27. The lowest BCUT2D eigenvalue weighted by molar-refractivity contribution is 0.0697. The first-order valence-corrected chi connectivity index (χ1v) is 5.74. The van der Waals surface area contributed by atoms with Gasteiger partial charge in [0.05, 0.1) is 17.6 Å². The molecular formula is C11H11N3O2S. The molecule has 6 heteroatoms. The maximum atomic E-state index is 11.1. The van der Waals surface area contributed by atoms with E-state index in [4.69, 9.17) is 5.11 Å².